The summed E-state index contributed by atoms with van der Waals surface area (Å²) in [6, 6.07) is 9.89. The fraction of sp³-hybridized carbons (Fsp3) is 0.167. The maximum atomic E-state index is 5.54. The number of nitrogens with zero attached hydrogens (tertiary/aromatic N) is 3. The molecular formula is C24H23BrN4O3S. The van der Waals surface area contributed by atoms with Gasteiger partial charge in [-0.1, -0.05) is 22.0 Å². The monoisotopic (exact) mass is 526 g/mol. The Balaban J connectivity index is 1.86. The predicted molar refractivity (Wildman–Crippen MR) is 137 cm³/mol. The molecule has 2 heterocycles. The van der Waals surface area contributed by atoms with Gasteiger partial charge in [-0.25, -0.2) is 4.68 Å². The molecule has 0 saturated heterocycles. The summed E-state index contributed by atoms with van der Waals surface area (Å²) in [4.78, 5) is 8.64. The van der Waals surface area contributed by atoms with Crippen molar-refractivity contribution in [2.45, 2.75) is 0 Å². The Labute approximate surface area is 203 Å². The number of fused-ring (bicyclic) bond motifs is 1. The summed E-state index contributed by atoms with van der Waals surface area (Å²) in [6.07, 6.45) is 5.52. The summed E-state index contributed by atoms with van der Waals surface area (Å²) in [5.74, 6) is 1.68. The number of halogens is 1. The van der Waals surface area contributed by atoms with E-state index < -0.39 is 0 Å². The van der Waals surface area contributed by atoms with Gasteiger partial charge >= 0.3 is 0 Å². The zero-order chi connectivity index (χ0) is 23.4. The lowest BCUT2D eigenvalue weighted by Crippen LogP contribution is -2.12. The SMILES string of the molecule is C=CCN=c1scc(-c2cc(OC)c(OC)c(OC)c2)n1N=Cc1c[nH]c2ccc(Br)cc12. The minimum Gasteiger partial charge on any atom is -0.493 e. The van der Waals surface area contributed by atoms with Crippen molar-refractivity contribution in [3.8, 4) is 28.5 Å². The number of hydrogen-bond donors (Lipinski definition) is 1. The van der Waals surface area contributed by atoms with Crippen molar-refractivity contribution in [2.24, 2.45) is 10.1 Å². The van der Waals surface area contributed by atoms with Gasteiger partial charge in [0.25, 0.3) is 0 Å². The molecule has 0 amide bonds. The van der Waals surface area contributed by atoms with E-state index in [0.29, 0.717) is 23.8 Å². The first kappa shape index (κ1) is 22.9. The Hall–Kier alpha value is -3.30. The first-order valence-corrected chi connectivity index (χ1v) is 11.7. The van der Waals surface area contributed by atoms with E-state index in [1.807, 2.05) is 46.7 Å². The molecule has 2 aromatic heterocycles. The zero-order valence-corrected chi connectivity index (χ0v) is 20.9. The quantitative estimate of drug-likeness (QED) is 0.245. The van der Waals surface area contributed by atoms with Crippen LogP contribution in [0.15, 0.2) is 69.1 Å². The van der Waals surface area contributed by atoms with Gasteiger partial charge in [0.15, 0.2) is 11.5 Å². The molecule has 0 unspecified atom stereocenters. The fourth-order valence-corrected chi connectivity index (χ4v) is 4.64. The lowest BCUT2D eigenvalue weighted by atomic mass is 10.1. The van der Waals surface area contributed by atoms with Gasteiger partial charge in [0.2, 0.25) is 10.6 Å². The number of benzene rings is 2. The van der Waals surface area contributed by atoms with Gasteiger partial charge in [0.1, 0.15) is 0 Å². The van der Waals surface area contributed by atoms with Crippen LogP contribution >= 0.6 is 27.3 Å². The summed E-state index contributed by atoms with van der Waals surface area (Å²) in [7, 11) is 4.78. The Morgan fingerprint density at radius 2 is 1.88 bits per heavy atom. The summed E-state index contributed by atoms with van der Waals surface area (Å²) in [6.45, 7) is 4.26. The molecule has 7 nitrogen and oxygen atoms in total. The van der Waals surface area contributed by atoms with Crippen LogP contribution in [0.3, 0.4) is 0 Å². The number of ether oxygens (including phenoxy) is 3. The maximum Gasteiger partial charge on any atom is 0.206 e. The van der Waals surface area contributed by atoms with Gasteiger partial charge in [-0.05, 0) is 30.3 Å². The van der Waals surface area contributed by atoms with Gasteiger partial charge in [0.05, 0.1) is 39.8 Å². The second-order valence-corrected chi connectivity index (χ2v) is 8.69. The highest BCUT2D eigenvalue weighted by atomic mass is 79.9. The van der Waals surface area contributed by atoms with Crippen molar-refractivity contribution in [3.05, 3.63) is 69.4 Å². The smallest absolute Gasteiger partial charge is 0.206 e. The molecule has 0 atom stereocenters. The van der Waals surface area contributed by atoms with Crippen molar-refractivity contribution in [1.82, 2.24) is 9.66 Å². The summed E-state index contributed by atoms with van der Waals surface area (Å²) < 4.78 is 19.4. The van der Waals surface area contributed by atoms with E-state index in [1.54, 1.807) is 27.4 Å². The lowest BCUT2D eigenvalue weighted by Gasteiger charge is -2.14. The van der Waals surface area contributed by atoms with E-state index in [4.69, 9.17) is 19.3 Å². The third kappa shape index (κ3) is 4.60. The van der Waals surface area contributed by atoms with Crippen molar-refractivity contribution in [3.63, 3.8) is 0 Å². The maximum absolute atomic E-state index is 5.54. The molecule has 0 saturated carbocycles. The van der Waals surface area contributed by atoms with E-state index >= 15 is 0 Å². The van der Waals surface area contributed by atoms with Crippen LogP contribution in [0.1, 0.15) is 5.56 Å². The third-order valence-corrected chi connectivity index (χ3v) is 6.34. The third-order valence-electron chi connectivity index (χ3n) is 4.99. The van der Waals surface area contributed by atoms with Crippen molar-refractivity contribution >= 4 is 44.4 Å². The molecule has 0 aliphatic rings. The lowest BCUT2D eigenvalue weighted by molar-refractivity contribution is 0.324. The molecule has 0 aliphatic heterocycles. The first-order chi connectivity index (χ1) is 16.1. The second-order valence-electron chi connectivity index (χ2n) is 6.94. The molecule has 0 spiro atoms. The number of nitrogens with one attached hydrogen (secondary N) is 1. The largest absolute Gasteiger partial charge is 0.493 e. The molecular weight excluding hydrogens is 504 g/mol. The van der Waals surface area contributed by atoms with Crippen molar-refractivity contribution in [2.75, 3.05) is 27.9 Å². The molecule has 0 bridgehead atoms. The van der Waals surface area contributed by atoms with Crippen LogP contribution in [0.2, 0.25) is 0 Å². The van der Waals surface area contributed by atoms with E-state index in [-0.39, 0.29) is 0 Å². The zero-order valence-electron chi connectivity index (χ0n) is 18.5. The first-order valence-electron chi connectivity index (χ1n) is 10.0. The Bertz CT molecular complexity index is 1380. The van der Waals surface area contributed by atoms with Gasteiger partial charge in [-0.2, -0.15) is 5.10 Å². The Morgan fingerprint density at radius 3 is 2.55 bits per heavy atom. The Morgan fingerprint density at radius 1 is 1.12 bits per heavy atom. The van der Waals surface area contributed by atoms with Crippen LogP contribution < -0.4 is 19.0 Å². The molecule has 0 radical (unpaired) electrons. The average molecular weight is 527 g/mol. The van der Waals surface area contributed by atoms with Crippen molar-refractivity contribution < 1.29 is 14.2 Å². The van der Waals surface area contributed by atoms with Crippen LogP contribution in [-0.4, -0.2) is 43.7 Å². The van der Waals surface area contributed by atoms with Gasteiger partial charge in [-0.3, -0.25) is 4.99 Å². The summed E-state index contributed by atoms with van der Waals surface area (Å²) in [5.41, 5.74) is 3.71. The fourth-order valence-electron chi connectivity index (χ4n) is 3.43. The highest BCUT2D eigenvalue weighted by molar-refractivity contribution is 9.10. The van der Waals surface area contributed by atoms with Gasteiger partial charge in [0, 0.05) is 38.1 Å². The van der Waals surface area contributed by atoms with Crippen LogP contribution in [-0.2, 0) is 0 Å². The molecule has 0 fully saturated rings. The highest BCUT2D eigenvalue weighted by Crippen LogP contribution is 2.41. The topological polar surface area (TPSA) is 73.1 Å². The molecule has 4 rings (SSSR count). The Kier molecular flexibility index (Phi) is 7.00. The van der Waals surface area contributed by atoms with E-state index in [9.17, 15) is 0 Å². The number of aromatic amines is 1. The number of aromatic nitrogens is 2. The van der Waals surface area contributed by atoms with E-state index in [2.05, 4.69) is 38.6 Å². The molecule has 170 valence electrons. The summed E-state index contributed by atoms with van der Waals surface area (Å²) in [5, 5.41) is 7.87. The number of hydrogen-bond acceptors (Lipinski definition) is 6. The molecule has 9 heteroatoms. The molecule has 1 N–H and O–H groups in total. The summed E-state index contributed by atoms with van der Waals surface area (Å²) >= 11 is 5.04. The van der Waals surface area contributed by atoms with Gasteiger partial charge in [-0.15, -0.1) is 17.9 Å². The second kappa shape index (κ2) is 10.1. The molecule has 4 aromatic rings. The minimum absolute atomic E-state index is 0.491. The number of methoxy groups -OCH3 is 3. The average Bonchev–Trinajstić information content (AvgIpc) is 3.43. The van der Waals surface area contributed by atoms with E-state index in [0.717, 1.165) is 37.0 Å². The molecule has 2 aromatic carbocycles. The van der Waals surface area contributed by atoms with Crippen molar-refractivity contribution in [1.29, 1.82) is 0 Å². The van der Waals surface area contributed by atoms with Crippen LogP contribution in [0.5, 0.6) is 17.2 Å². The van der Waals surface area contributed by atoms with Crippen LogP contribution in [0.25, 0.3) is 22.2 Å². The minimum atomic E-state index is 0.491. The predicted octanol–water partition coefficient (Wildman–Crippen LogP) is 5.46. The highest BCUT2D eigenvalue weighted by Gasteiger charge is 2.17. The van der Waals surface area contributed by atoms with Crippen LogP contribution in [0, 0.1) is 0 Å². The molecule has 0 aliphatic carbocycles. The number of thiazole rings is 1. The normalized spacial score (nSPS) is 11.9. The molecule has 33 heavy (non-hydrogen) atoms. The van der Waals surface area contributed by atoms with Gasteiger partial charge < -0.3 is 19.2 Å². The van der Waals surface area contributed by atoms with E-state index in [1.165, 1.54) is 11.3 Å². The van der Waals surface area contributed by atoms with Crippen LogP contribution in [0.4, 0.5) is 0 Å². The number of rotatable bonds is 8. The number of H-pyrrole nitrogens is 1. The standard InChI is InChI=1S/C24H23BrN4O3S/c1-5-8-26-24-29(28-13-16-12-27-19-7-6-17(25)11-18(16)19)20(14-33-24)15-9-21(30-2)23(32-4)22(10-15)31-3/h5-7,9-14,27H,1,8H2,2-4H3.